The summed E-state index contributed by atoms with van der Waals surface area (Å²) in [7, 11) is 0. The molecule has 0 aliphatic rings. The van der Waals surface area contributed by atoms with Crippen LogP contribution in [-0.4, -0.2) is 16.9 Å². The Hall–Kier alpha value is -1.42. The third kappa shape index (κ3) is 4.04. The molecular formula is C16H24N2OS. The lowest BCUT2D eigenvalue weighted by molar-refractivity contribution is 0.0937. The molecule has 0 heterocycles. The lowest BCUT2D eigenvalue weighted by Crippen LogP contribution is -2.47. The Kier molecular flexibility index (Phi) is 5.28. The minimum Gasteiger partial charge on any atom is -0.392 e. The Morgan fingerprint density at radius 3 is 2.25 bits per heavy atom. The maximum Gasteiger partial charge on any atom is 0.252 e. The van der Waals surface area contributed by atoms with Crippen molar-refractivity contribution < 1.29 is 4.79 Å². The van der Waals surface area contributed by atoms with Crippen LogP contribution in [0.15, 0.2) is 24.3 Å². The number of hydrogen-bond donors (Lipinski definition) is 2. The normalized spacial score (nSPS) is 13.1. The Labute approximate surface area is 126 Å². The van der Waals surface area contributed by atoms with E-state index >= 15 is 0 Å². The molecule has 110 valence electrons. The van der Waals surface area contributed by atoms with Gasteiger partial charge in [0.05, 0.1) is 11.0 Å². The van der Waals surface area contributed by atoms with E-state index in [2.05, 4.69) is 26.1 Å². The smallest absolute Gasteiger partial charge is 0.252 e. The molecule has 3 N–H and O–H groups in total. The average Bonchev–Trinajstić information content (AvgIpc) is 2.33. The summed E-state index contributed by atoms with van der Waals surface area (Å²) in [5, 5.41) is 2.94. The van der Waals surface area contributed by atoms with Crippen molar-refractivity contribution >= 4 is 23.1 Å². The summed E-state index contributed by atoms with van der Waals surface area (Å²) >= 11 is 5.03. The molecule has 0 aromatic heterocycles. The first-order valence-electron chi connectivity index (χ1n) is 6.84. The number of benzene rings is 1. The van der Waals surface area contributed by atoms with E-state index in [1.165, 1.54) is 0 Å². The van der Waals surface area contributed by atoms with Crippen LogP contribution in [0.25, 0.3) is 0 Å². The van der Waals surface area contributed by atoms with Crippen molar-refractivity contribution in [2.75, 3.05) is 0 Å². The van der Waals surface area contributed by atoms with Crippen LogP contribution >= 0.6 is 12.2 Å². The second-order valence-electron chi connectivity index (χ2n) is 6.39. The first kappa shape index (κ1) is 16.6. The zero-order chi connectivity index (χ0) is 15.5. The molecule has 1 unspecified atom stereocenters. The summed E-state index contributed by atoms with van der Waals surface area (Å²) in [4.78, 5) is 12.8. The zero-order valence-corrected chi connectivity index (χ0v) is 13.7. The van der Waals surface area contributed by atoms with Gasteiger partial charge in [0.25, 0.3) is 5.91 Å². The van der Waals surface area contributed by atoms with Gasteiger partial charge in [-0.1, -0.05) is 65.0 Å². The van der Waals surface area contributed by atoms with Crippen molar-refractivity contribution in [2.45, 2.75) is 46.1 Å². The minimum absolute atomic E-state index is 0.0928. The maximum atomic E-state index is 12.5. The van der Waals surface area contributed by atoms with E-state index in [4.69, 9.17) is 18.0 Å². The molecule has 0 aliphatic heterocycles. The summed E-state index contributed by atoms with van der Waals surface area (Å²) in [5.74, 6) is 0.0419. The number of carbonyl (C=O) groups is 1. The number of thiocarbonyl (C=S) groups is 1. The second kappa shape index (κ2) is 6.35. The van der Waals surface area contributed by atoms with E-state index in [1.54, 1.807) is 0 Å². The number of hydrogen-bond acceptors (Lipinski definition) is 2. The van der Waals surface area contributed by atoms with Crippen LogP contribution in [0.5, 0.6) is 0 Å². The van der Waals surface area contributed by atoms with Gasteiger partial charge in [0.2, 0.25) is 0 Å². The zero-order valence-electron chi connectivity index (χ0n) is 12.9. The molecule has 0 spiro atoms. The van der Waals surface area contributed by atoms with E-state index in [0.29, 0.717) is 10.6 Å². The number of amides is 1. The molecule has 3 nitrogen and oxygen atoms in total. The van der Waals surface area contributed by atoms with Gasteiger partial charge in [-0.15, -0.1) is 0 Å². The van der Waals surface area contributed by atoms with Crippen LogP contribution in [0.2, 0.25) is 0 Å². The largest absolute Gasteiger partial charge is 0.392 e. The van der Waals surface area contributed by atoms with Gasteiger partial charge in [0.1, 0.15) is 0 Å². The van der Waals surface area contributed by atoms with Gasteiger partial charge in [-0.05, 0) is 23.0 Å². The highest BCUT2D eigenvalue weighted by atomic mass is 32.1. The number of carbonyl (C=O) groups excluding carboxylic acids is 1. The number of nitrogens with two attached hydrogens (primary N) is 1. The quantitative estimate of drug-likeness (QED) is 0.839. The lowest BCUT2D eigenvalue weighted by Gasteiger charge is -2.25. The van der Waals surface area contributed by atoms with E-state index in [9.17, 15) is 4.79 Å². The van der Waals surface area contributed by atoms with Crippen molar-refractivity contribution in [3.63, 3.8) is 0 Å². The molecule has 1 amide bonds. The predicted molar refractivity (Wildman–Crippen MR) is 88.0 cm³/mol. The molecule has 0 aliphatic carbocycles. The summed E-state index contributed by atoms with van der Waals surface area (Å²) in [6.45, 7) is 10.2. The molecule has 0 saturated heterocycles. The Morgan fingerprint density at radius 1 is 1.25 bits per heavy atom. The van der Waals surface area contributed by atoms with Crippen LogP contribution in [0.3, 0.4) is 0 Å². The summed E-state index contributed by atoms with van der Waals surface area (Å²) < 4.78 is 0. The summed E-state index contributed by atoms with van der Waals surface area (Å²) in [6, 6.07) is 7.36. The first-order chi connectivity index (χ1) is 9.14. The van der Waals surface area contributed by atoms with Gasteiger partial charge < -0.3 is 11.1 Å². The highest BCUT2D eigenvalue weighted by molar-refractivity contribution is 7.80. The van der Waals surface area contributed by atoms with Crippen LogP contribution in [-0.2, 0) is 5.41 Å². The SMILES string of the molecule is CC(C)C(NC(=O)c1ccccc1C(C)(C)C)C(N)=S. The van der Waals surface area contributed by atoms with E-state index in [0.717, 1.165) is 5.56 Å². The molecule has 4 heteroatoms. The van der Waals surface area contributed by atoms with Crippen molar-refractivity contribution in [3.8, 4) is 0 Å². The molecule has 1 rings (SSSR count). The lowest BCUT2D eigenvalue weighted by atomic mass is 9.83. The first-order valence-corrected chi connectivity index (χ1v) is 7.25. The molecule has 0 saturated carbocycles. The topological polar surface area (TPSA) is 55.1 Å². The fraction of sp³-hybridized carbons (Fsp3) is 0.500. The molecule has 1 aromatic rings. The van der Waals surface area contributed by atoms with Gasteiger partial charge >= 0.3 is 0 Å². The fourth-order valence-corrected chi connectivity index (χ4v) is 2.45. The molecule has 20 heavy (non-hydrogen) atoms. The monoisotopic (exact) mass is 292 g/mol. The Bertz CT molecular complexity index is 503. The molecule has 1 aromatic carbocycles. The number of nitrogens with one attached hydrogen (secondary N) is 1. The van der Waals surface area contributed by atoms with Crippen LogP contribution in [0.1, 0.15) is 50.5 Å². The molecule has 0 bridgehead atoms. The van der Waals surface area contributed by atoms with Crippen LogP contribution < -0.4 is 11.1 Å². The van der Waals surface area contributed by atoms with E-state index in [-0.39, 0.29) is 23.3 Å². The van der Waals surface area contributed by atoms with Gasteiger partial charge in [-0.25, -0.2) is 0 Å². The van der Waals surface area contributed by atoms with Gasteiger partial charge in [0, 0.05) is 5.56 Å². The molecular weight excluding hydrogens is 268 g/mol. The third-order valence-corrected chi connectivity index (χ3v) is 3.49. The molecule has 0 radical (unpaired) electrons. The average molecular weight is 292 g/mol. The fourth-order valence-electron chi connectivity index (χ4n) is 2.12. The summed E-state index contributed by atoms with van der Waals surface area (Å²) in [5.41, 5.74) is 7.31. The Morgan fingerprint density at radius 2 is 1.80 bits per heavy atom. The predicted octanol–water partition coefficient (Wildman–Crippen LogP) is 3.02. The summed E-state index contributed by atoms with van der Waals surface area (Å²) in [6.07, 6.45) is 0. The van der Waals surface area contributed by atoms with Crippen molar-refractivity contribution in [2.24, 2.45) is 11.7 Å². The standard InChI is InChI=1S/C16H24N2OS/c1-10(2)13(14(17)20)18-15(19)11-8-6-7-9-12(11)16(3,4)5/h6-10,13H,1-5H3,(H2,17,20)(H,18,19). The highest BCUT2D eigenvalue weighted by Crippen LogP contribution is 2.25. The van der Waals surface area contributed by atoms with Crippen LogP contribution in [0.4, 0.5) is 0 Å². The van der Waals surface area contributed by atoms with Crippen molar-refractivity contribution in [1.29, 1.82) is 0 Å². The van der Waals surface area contributed by atoms with Crippen LogP contribution in [0, 0.1) is 5.92 Å². The second-order valence-corrected chi connectivity index (χ2v) is 6.86. The number of rotatable bonds is 4. The van der Waals surface area contributed by atoms with Gasteiger partial charge in [0.15, 0.2) is 0 Å². The molecule has 1 atom stereocenters. The Balaban J connectivity index is 3.07. The third-order valence-electron chi connectivity index (χ3n) is 3.24. The van der Waals surface area contributed by atoms with Gasteiger partial charge in [-0.2, -0.15) is 0 Å². The minimum atomic E-state index is -0.287. The molecule has 0 fully saturated rings. The van der Waals surface area contributed by atoms with Crippen molar-refractivity contribution in [1.82, 2.24) is 5.32 Å². The van der Waals surface area contributed by atoms with E-state index in [1.807, 2.05) is 38.1 Å². The van der Waals surface area contributed by atoms with Crippen molar-refractivity contribution in [3.05, 3.63) is 35.4 Å². The maximum absolute atomic E-state index is 12.5. The van der Waals surface area contributed by atoms with E-state index < -0.39 is 0 Å². The van der Waals surface area contributed by atoms with Gasteiger partial charge in [-0.3, -0.25) is 4.79 Å². The highest BCUT2D eigenvalue weighted by Gasteiger charge is 2.24.